The summed E-state index contributed by atoms with van der Waals surface area (Å²) in [6.45, 7) is 3.10. The van der Waals surface area contributed by atoms with E-state index in [-0.39, 0.29) is 11.7 Å². The lowest BCUT2D eigenvalue weighted by atomic mass is 10.5. The minimum atomic E-state index is -0.0246. The number of ether oxygens (including phenoxy) is 1. The summed E-state index contributed by atoms with van der Waals surface area (Å²) in [5, 5.41) is 2.74. The molecule has 4 nitrogen and oxygen atoms in total. The molecule has 0 aromatic heterocycles. The van der Waals surface area contributed by atoms with E-state index in [2.05, 4.69) is 22.8 Å². The van der Waals surface area contributed by atoms with Gasteiger partial charge in [-0.1, -0.05) is 0 Å². The highest BCUT2D eigenvalue weighted by Crippen LogP contribution is 1.81. The van der Waals surface area contributed by atoms with Crippen molar-refractivity contribution in [2.24, 2.45) is 0 Å². The van der Waals surface area contributed by atoms with Crippen LogP contribution in [0.2, 0.25) is 0 Å². The van der Waals surface area contributed by atoms with Gasteiger partial charge >= 0.3 is 0 Å². The zero-order chi connectivity index (χ0) is 10.1. The molecule has 0 atom stereocenters. The van der Waals surface area contributed by atoms with E-state index in [4.69, 9.17) is 4.74 Å². The molecule has 0 aliphatic carbocycles. The second-order valence-corrected chi connectivity index (χ2v) is 3.12. The lowest BCUT2D eigenvalue weighted by Gasteiger charge is -2.15. The number of carbonyl (C=O) groups excluding carboxylic acids is 1. The molecule has 1 amide bonds. The molecule has 0 saturated heterocycles. The van der Waals surface area contributed by atoms with Gasteiger partial charge in [0.1, 0.15) is 0 Å². The van der Waals surface area contributed by atoms with E-state index < -0.39 is 0 Å². The largest absolute Gasteiger partial charge is 0.383 e. The van der Waals surface area contributed by atoms with Crippen LogP contribution < -0.4 is 5.32 Å². The fraction of sp³-hybridized carbons (Fsp3) is 0.875. The Hall–Kier alpha value is -0.260. The van der Waals surface area contributed by atoms with Crippen molar-refractivity contribution in [2.45, 2.75) is 0 Å². The Bertz CT molecular complexity index is 144. The van der Waals surface area contributed by atoms with Crippen molar-refractivity contribution in [3.8, 4) is 0 Å². The van der Waals surface area contributed by atoms with Crippen LogP contribution in [0.3, 0.4) is 0 Å². The molecule has 0 spiro atoms. The number of amides is 1. The molecule has 13 heavy (non-hydrogen) atoms. The average Bonchev–Trinajstić information content (AvgIpc) is 2.14. The van der Waals surface area contributed by atoms with Crippen LogP contribution in [0.15, 0.2) is 0 Å². The Labute approximate surface area is 85.0 Å². The minimum Gasteiger partial charge on any atom is -0.383 e. The Morgan fingerprint density at radius 1 is 1.54 bits per heavy atom. The van der Waals surface area contributed by atoms with Crippen molar-refractivity contribution in [3.63, 3.8) is 0 Å². The highest BCUT2D eigenvalue weighted by molar-refractivity contribution is 7.81. The zero-order valence-corrected chi connectivity index (χ0v) is 9.14. The zero-order valence-electron chi connectivity index (χ0n) is 8.25. The predicted octanol–water partition coefficient (Wildman–Crippen LogP) is -0.389. The molecule has 1 N–H and O–H groups in total. The van der Waals surface area contributed by atoms with Crippen LogP contribution in [0.4, 0.5) is 0 Å². The summed E-state index contributed by atoms with van der Waals surface area (Å²) in [5.41, 5.74) is 0. The van der Waals surface area contributed by atoms with Gasteiger partial charge in [0.05, 0.1) is 12.4 Å². The fourth-order valence-corrected chi connectivity index (χ4v) is 0.913. The van der Waals surface area contributed by atoms with Crippen molar-refractivity contribution < 1.29 is 9.53 Å². The molecule has 0 bridgehead atoms. The van der Waals surface area contributed by atoms with E-state index in [1.165, 1.54) is 0 Å². The van der Waals surface area contributed by atoms with Crippen molar-refractivity contribution in [3.05, 3.63) is 0 Å². The number of nitrogens with one attached hydrogen (secondary N) is 1. The lowest BCUT2D eigenvalue weighted by Crippen LogP contribution is -2.34. The van der Waals surface area contributed by atoms with Crippen LogP contribution in [0.1, 0.15) is 0 Å². The van der Waals surface area contributed by atoms with Crippen LogP contribution >= 0.6 is 12.6 Å². The molecule has 5 heteroatoms. The average molecular weight is 206 g/mol. The Balaban J connectivity index is 3.26. The molecule has 0 heterocycles. The third-order valence-corrected chi connectivity index (χ3v) is 1.92. The molecule has 0 unspecified atom stereocenters. The van der Waals surface area contributed by atoms with Crippen LogP contribution in [-0.2, 0) is 9.53 Å². The number of carbonyl (C=O) groups is 1. The van der Waals surface area contributed by atoms with Gasteiger partial charge in [-0.05, 0) is 7.05 Å². The highest BCUT2D eigenvalue weighted by atomic mass is 32.1. The third kappa shape index (κ3) is 8.08. The van der Waals surface area contributed by atoms with Gasteiger partial charge in [-0.2, -0.15) is 12.6 Å². The summed E-state index contributed by atoms with van der Waals surface area (Å²) >= 11 is 3.85. The Morgan fingerprint density at radius 3 is 2.77 bits per heavy atom. The van der Waals surface area contributed by atoms with Crippen molar-refractivity contribution in [2.75, 3.05) is 46.2 Å². The van der Waals surface area contributed by atoms with Crippen LogP contribution in [0.25, 0.3) is 0 Å². The molecule has 0 aliphatic rings. The molecule has 0 radical (unpaired) electrons. The molecule has 78 valence electrons. The van der Waals surface area contributed by atoms with Crippen LogP contribution in [0, 0.1) is 0 Å². The van der Waals surface area contributed by atoms with E-state index in [1.807, 2.05) is 7.05 Å². The summed E-state index contributed by atoms with van der Waals surface area (Å²) in [6.07, 6.45) is 0. The normalized spacial score (nSPS) is 10.5. The SMILES string of the molecule is COCCN(C)CCNC(=O)CS. The van der Waals surface area contributed by atoms with E-state index in [1.54, 1.807) is 7.11 Å². The molecule has 0 aromatic rings. The molecule has 0 saturated carbocycles. The van der Waals surface area contributed by atoms with E-state index in [0.717, 1.165) is 19.7 Å². The van der Waals surface area contributed by atoms with E-state index in [9.17, 15) is 4.79 Å². The molecular formula is C8H18N2O2S. The Morgan fingerprint density at radius 2 is 2.23 bits per heavy atom. The summed E-state index contributed by atoms with van der Waals surface area (Å²) < 4.78 is 4.92. The third-order valence-electron chi connectivity index (χ3n) is 1.64. The highest BCUT2D eigenvalue weighted by Gasteiger charge is 1.99. The first-order valence-corrected chi connectivity index (χ1v) is 4.89. The summed E-state index contributed by atoms with van der Waals surface area (Å²) in [7, 11) is 3.67. The minimum absolute atomic E-state index is 0.0246. The van der Waals surface area contributed by atoms with Gasteiger partial charge in [0.25, 0.3) is 0 Å². The summed E-state index contributed by atoms with van der Waals surface area (Å²) in [5.74, 6) is 0.227. The fourth-order valence-electron chi connectivity index (χ4n) is 0.801. The number of rotatable bonds is 7. The molecule has 0 fully saturated rings. The maximum Gasteiger partial charge on any atom is 0.229 e. The number of thiol groups is 1. The quantitative estimate of drug-likeness (QED) is 0.558. The number of likely N-dealkylation sites (N-methyl/N-ethyl adjacent to an activating group) is 1. The first-order valence-electron chi connectivity index (χ1n) is 4.25. The van der Waals surface area contributed by atoms with Gasteiger partial charge in [0.2, 0.25) is 5.91 Å². The van der Waals surface area contributed by atoms with Gasteiger partial charge < -0.3 is 15.0 Å². The number of hydrogen-bond donors (Lipinski definition) is 2. The smallest absolute Gasteiger partial charge is 0.229 e. The maximum atomic E-state index is 10.8. The number of nitrogens with zero attached hydrogens (tertiary/aromatic N) is 1. The summed E-state index contributed by atoms with van der Waals surface area (Å²) in [6, 6.07) is 0. The molecule has 0 rings (SSSR count). The molecular weight excluding hydrogens is 188 g/mol. The van der Waals surface area contributed by atoms with Gasteiger partial charge in [-0.15, -0.1) is 0 Å². The van der Waals surface area contributed by atoms with Crippen molar-refractivity contribution >= 4 is 18.5 Å². The predicted molar refractivity (Wildman–Crippen MR) is 56.2 cm³/mol. The molecule has 0 aliphatic heterocycles. The van der Waals surface area contributed by atoms with E-state index >= 15 is 0 Å². The maximum absolute atomic E-state index is 10.8. The number of hydrogen-bond acceptors (Lipinski definition) is 4. The Kier molecular flexibility index (Phi) is 8.18. The number of methoxy groups -OCH3 is 1. The molecule has 0 aromatic carbocycles. The van der Waals surface area contributed by atoms with Crippen molar-refractivity contribution in [1.29, 1.82) is 0 Å². The topological polar surface area (TPSA) is 41.6 Å². The first-order chi connectivity index (χ1) is 6.20. The lowest BCUT2D eigenvalue weighted by molar-refractivity contribution is -0.118. The summed E-state index contributed by atoms with van der Waals surface area (Å²) in [4.78, 5) is 12.9. The van der Waals surface area contributed by atoms with Gasteiger partial charge in [0, 0.05) is 26.7 Å². The standard InChI is InChI=1S/C8H18N2O2S/c1-10(5-6-12-2)4-3-9-8(11)7-13/h13H,3-7H2,1-2H3,(H,9,11). The van der Waals surface area contributed by atoms with Gasteiger partial charge in [-0.25, -0.2) is 0 Å². The van der Waals surface area contributed by atoms with Crippen LogP contribution in [0.5, 0.6) is 0 Å². The second-order valence-electron chi connectivity index (χ2n) is 2.80. The van der Waals surface area contributed by atoms with Gasteiger partial charge in [-0.3, -0.25) is 4.79 Å². The first kappa shape index (κ1) is 12.7. The second kappa shape index (κ2) is 8.34. The van der Waals surface area contributed by atoms with Crippen molar-refractivity contribution in [1.82, 2.24) is 10.2 Å². The van der Waals surface area contributed by atoms with E-state index in [0.29, 0.717) is 6.54 Å². The van der Waals surface area contributed by atoms with Gasteiger partial charge in [0.15, 0.2) is 0 Å². The van der Waals surface area contributed by atoms with Crippen LogP contribution in [-0.4, -0.2) is 57.0 Å². The monoisotopic (exact) mass is 206 g/mol.